The molecule has 1 N–H and O–H groups in total. The molecule has 4 rings (SSSR count). The van der Waals surface area contributed by atoms with Crippen LogP contribution in [0.15, 0.2) is 49.1 Å². The third kappa shape index (κ3) is 4.03. The Kier molecular flexibility index (Phi) is 5.43. The predicted molar refractivity (Wildman–Crippen MR) is 102 cm³/mol. The molecular formula is C20H27N5O. The fourth-order valence-corrected chi connectivity index (χ4v) is 4.17. The smallest absolute Gasteiger partial charge is 0.119 e. The van der Waals surface area contributed by atoms with E-state index in [-0.39, 0.29) is 12.1 Å². The van der Waals surface area contributed by atoms with Crippen molar-refractivity contribution in [3.05, 3.63) is 54.6 Å². The predicted octanol–water partition coefficient (Wildman–Crippen LogP) is 1.67. The van der Waals surface area contributed by atoms with Gasteiger partial charge in [-0.15, -0.1) is 10.2 Å². The maximum atomic E-state index is 10.5. The number of hydrogen-bond donors (Lipinski definition) is 1. The Balaban J connectivity index is 1.27. The molecule has 3 heterocycles. The molecule has 26 heavy (non-hydrogen) atoms. The van der Waals surface area contributed by atoms with E-state index in [1.165, 1.54) is 5.56 Å². The molecule has 138 valence electrons. The molecule has 0 spiro atoms. The summed E-state index contributed by atoms with van der Waals surface area (Å²) in [7, 11) is 0. The summed E-state index contributed by atoms with van der Waals surface area (Å²) < 4.78 is 2.11. The minimum absolute atomic E-state index is 0.252. The fraction of sp³-hybridized carbons (Fsp3) is 0.500. The molecule has 1 aromatic heterocycles. The summed E-state index contributed by atoms with van der Waals surface area (Å²) in [5, 5.41) is 18.4. The number of rotatable bonds is 5. The van der Waals surface area contributed by atoms with Gasteiger partial charge in [0.05, 0.1) is 6.10 Å². The molecule has 2 fully saturated rings. The Bertz CT molecular complexity index is 694. The van der Waals surface area contributed by atoms with E-state index in [4.69, 9.17) is 0 Å². The average molecular weight is 353 g/mol. The summed E-state index contributed by atoms with van der Waals surface area (Å²) >= 11 is 0. The van der Waals surface area contributed by atoms with Gasteiger partial charge in [0.1, 0.15) is 12.7 Å². The van der Waals surface area contributed by atoms with E-state index in [9.17, 15) is 5.11 Å². The van der Waals surface area contributed by atoms with Crippen molar-refractivity contribution in [1.29, 1.82) is 0 Å². The normalized spacial score (nSPS) is 26.0. The van der Waals surface area contributed by atoms with Crippen molar-refractivity contribution in [3.63, 3.8) is 0 Å². The minimum Gasteiger partial charge on any atom is -0.390 e. The first-order valence-corrected chi connectivity index (χ1v) is 9.50. The number of hydrogen-bond acceptors (Lipinski definition) is 5. The first-order valence-electron chi connectivity index (χ1n) is 9.50. The molecule has 0 bridgehead atoms. The third-order valence-electron chi connectivity index (χ3n) is 5.63. The molecular weight excluding hydrogens is 326 g/mol. The fourth-order valence-electron chi connectivity index (χ4n) is 4.17. The summed E-state index contributed by atoms with van der Waals surface area (Å²) in [6, 6.07) is 11.1. The van der Waals surface area contributed by atoms with Crippen molar-refractivity contribution in [1.82, 2.24) is 24.6 Å². The maximum Gasteiger partial charge on any atom is 0.119 e. The molecule has 1 aromatic carbocycles. The summed E-state index contributed by atoms with van der Waals surface area (Å²) in [6.07, 6.45) is 9.90. The molecule has 2 atom stereocenters. The first-order chi connectivity index (χ1) is 12.8. The van der Waals surface area contributed by atoms with Gasteiger partial charge in [-0.1, -0.05) is 42.5 Å². The molecule has 0 amide bonds. The molecule has 2 saturated heterocycles. The highest BCUT2D eigenvalue weighted by Gasteiger charge is 2.36. The number of aliphatic hydroxyl groups is 1. The van der Waals surface area contributed by atoms with E-state index in [1.807, 2.05) is 18.7 Å². The minimum atomic E-state index is -0.258. The van der Waals surface area contributed by atoms with Crippen LogP contribution in [-0.4, -0.2) is 74.5 Å². The van der Waals surface area contributed by atoms with E-state index in [0.717, 1.165) is 45.6 Å². The SMILES string of the molecule is O[C@H]1CN(CC=Cc2ccccc2)C[C@@H]1N1CCC(n2cnnc2)CC1. The first kappa shape index (κ1) is 17.4. The zero-order chi connectivity index (χ0) is 17.8. The second-order valence-electron chi connectivity index (χ2n) is 7.34. The number of aliphatic hydroxyl groups excluding tert-OH is 1. The van der Waals surface area contributed by atoms with E-state index >= 15 is 0 Å². The maximum absolute atomic E-state index is 10.5. The standard InChI is InChI=1S/C20H27N5O/c26-20-14-23(10-4-7-17-5-2-1-3-6-17)13-19(20)24-11-8-18(9-12-24)25-15-21-22-16-25/h1-7,15-16,18-20,26H,8-14H2/t19-,20-/m0/s1. The van der Waals surface area contributed by atoms with Gasteiger partial charge in [-0.2, -0.15) is 0 Å². The largest absolute Gasteiger partial charge is 0.390 e. The number of aromatic nitrogens is 3. The van der Waals surface area contributed by atoms with Crippen LogP contribution in [0.2, 0.25) is 0 Å². The van der Waals surface area contributed by atoms with Crippen LogP contribution >= 0.6 is 0 Å². The summed E-state index contributed by atoms with van der Waals surface area (Å²) in [4.78, 5) is 4.81. The zero-order valence-corrected chi connectivity index (χ0v) is 15.1. The second kappa shape index (κ2) is 8.12. The van der Waals surface area contributed by atoms with E-state index in [1.54, 1.807) is 0 Å². The molecule has 0 aliphatic carbocycles. The highest BCUT2D eigenvalue weighted by molar-refractivity contribution is 5.48. The van der Waals surface area contributed by atoms with Crippen LogP contribution in [-0.2, 0) is 0 Å². The highest BCUT2D eigenvalue weighted by atomic mass is 16.3. The highest BCUT2D eigenvalue weighted by Crippen LogP contribution is 2.26. The Morgan fingerprint density at radius 1 is 1.04 bits per heavy atom. The second-order valence-corrected chi connectivity index (χ2v) is 7.34. The van der Waals surface area contributed by atoms with Crippen LogP contribution in [0.1, 0.15) is 24.4 Å². The molecule has 6 nitrogen and oxygen atoms in total. The van der Waals surface area contributed by atoms with Gasteiger partial charge in [0.2, 0.25) is 0 Å². The van der Waals surface area contributed by atoms with Gasteiger partial charge >= 0.3 is 0 Å². The molecule has 0 unspecified atom stereocenters. The van der Waals surface area contributed by atoms with Gasteiger partial charge in [0, 0.05) is 44.8 Å². The summed E-state index contributed by atoms with van der Waals surface area (Å²) in [5.74, 6) is 0. The summed E-state index contributed by atoms with van der Waals surface area (Å²) in [5.41, 5.74) is 1.22. The van der Waals surface area contributed by atoms with Crippen LogP contribution in [0.25, 0.3) is 6.08 Å². The lowest BCUT2D eigenvalue weighted by Crippen LogP contribution is -2.47. The van der Waals surface area contributed by atoms with Crippen molar-refractivity contribution < 1.29 is 5.11 Å². The van der Waals surface area contributed by atoms with E-state index in [0.29, 0.717) is 6.04 Å². The monoisotopic (exact) mass is 353 g/mol. The van der Waals surface area contributed by atoms with Crippen LogP contribution < -0.4 is 0 Å². The molecule has 2 aromatic rings. The van der Waals surface area contributed by atoms with Gasteiger partial charge in [0.15, 0.2) is 0 Å². The van der Waals surface area contributed by atoms with Gasteiger partial charge in [0.25, 0.3) is 0 Å². The van der Waals surface area contributed by atoms with Gasteiger partial charge < -0.3 is 9.67 Å². The van der Waals surface area contributed by atoms with Gasteiger partial charge in [-0.3, -0.25) is 9.80 Å². The lowest BCUT2D eigenvalue weighted by atomic mass is 10.0. The van der Waals surface area contributed by atoms with Crippen molar-refractivity contribution >= 4 is 6.08 Å². The Morgan fingerprint density at radius 3 is 2.50 bits per heavy atom. The van der Waals surface area contributed by atoms with Crippen molar-refractivity contribution in [2.75, 3.05) is 32.7 Å². The molecule has 2 aliphatic rings. The van der Waals surface area contributed by atoms with Crippen LogP contribution in [0.5, 0.6) is 0 Å². The van der Waals surface area contributed by atoms with Crippen molar-refractivity contribution in [3.8, 4) is 0 Å². The molecule has 0 radical (unpaired) electrons. The van der Waals surface area contributed by atoms with Crippen LogP contribution in [0.3, 0.4) is 0 Å². The molecule has 0 saturated carbocycles. The lowest BCUT2D eigenvalue weighted by Gasteiger charge is -2.37. The van der Waals surface area contributed by atoms with Gasteiger partial charge in [-0.25, -0.2) is 0 Å². The Hall–Kier alpha value is -2.02. The molecule has 2 aliphatic heterocycles. The van der Waals surface area contributed by atoms with Gasteiger partial charge in [-0.05, 0) is 18.4 Å². The third-order valence-corrected chi connectivity index (χ3v) is 5.63. The van der Waals surface area contributed by atoms with Crippen LogP contribution in [0, 0.1) is 0 Å². The number of piperidine rings is 1. The molecule has 6 heteroatoms. The van der Waals surface area contributed by atoms with E-state index < -0.39 is 0 Å². The topological polar surface area (TPSA) is 57.4 Å². The zero-order valence-electron chi connectivity index (χ0n) is 15.1. The van der Waals surface area contributed by atoms with Crippen molar-refractivity contribution in [2.24, 2.45) is 0 Å². The summed E-state index contributed by atoms with van der Waals surface area (Å²) in [6.45, 7) is 4.64. The Labute approximate surface area is 154 Å². The number of nitrogens with zero attached hydrogens (tertiary/aromatic N) is 5. The Morgan fingerprint density at radius 2 is 1.77 bits per heavy atom. The number of β-amino-alcohol motifs (C(OH)–C–C–N with tert-alkyl or cyclic N) is 1. The number of likely N-dealkylation sites (tertiary alicyclic amines) is 2. The van der Waals surface area contributed by atoms with E-state index in [2.05, 4.69) is 61.0 Å². The van der Waals surface area contributed by atoms with Crippen LogP contribution in [0.4, 0.5) is 0 Å². The number of benzene rings is 1. The van der Waals surface area contributed by atoms with Crippen molar-refractivity contribution in [2.45, 2.75) is 31.0 Å². The lowest BCUT2D eigenvalue weighted by molar-refractivity contribution is 0.0601. The quantitative estimate of drug-likeness (QED) is 0.886. The average Bonchev–Trinajstić information content (AvgIpc) is 3.33.